The van der Waals surface area contributed by atoms with E-state index in [9.17, 15) is 18.0 Å². The SMILES string of the molecule is CC[C@H](C)NC(=O)[C@H](C)N(Cc1ccc(Cl)c(Cl)c1)C(=O)CCCN(c1ccccc1OC)S(C)(=O)=O. The Balaban J connectivity index is 2.23. The number of ether oxygens (including phenoxy) is 1. The summed E-state index contributed by atoms with van der Waals surface area (Å²) < 4.78 is 31.6. The fraction of sp³-hybridized carbons (Fsp3) is 0.462. The summed E-state index contributed by atoms with van der Waals surface area (Å²) in [6.07, 6.45) is 2.13. The molecular weight excluding hydrogens is 537 g/mol. The van der Waals surface area contributed by atoms with E-state index in [0.29, 0.717) is 21.5 Å². The molecule has 0 saturated heterocycles. The summed E-state index contributed by atoms with van der Waals surface area (Å²) in [7, 11) is -2.17. The Hall–Kier alpha value is -2.49. The van der Waals surface area contributed by atoms with Gasteiger partial charge in [0.1, 0.15) is 11.8 Å². The van der Waals surface area contributed by atoms with Crippen molar-refractivity contribution in [1.82, 2.24) is 10.2 Å². The molecule has 2 rings (SSSR count). The van der Waals surface area contributed by atoms with Crippen LogP contribution in [-0.4, -0.2) is 57.1 Å². The van der Waals surface area contributed by atoms with Crippen molar-refractivity contribution in [2.24, 2.45) is 0 Å². The van der Waals surface area contributed by atoms with Crippen LogP contribution in [0.2, 0.25) is 10.0 Å². The lowest BCUT2D eigenvalue weighted by molar-refractivity contribution is -0.140. The van der Waals surface area contributed by atoms with E-state index in [1.807, 2.05) is 13.8 Å². The lowest BCUT2D eigenvalue weighted by Crippen LogP contribution is -2.49. The highest BCUT2D eigenvalue weighted by atomic mass is 35.5. The Labute approximate surface area is 229 Å². The van der Waals surface area contributed by atoms with Crippen LogP contribution in [0.15, 0.2) is 42.5 Å². The summed E-state index contributed by atoms with van der Waals surface area (Å²) in [6, 6.07) is 11.1. The lowest BCUT2D eigenvalue weighted by Gasteiger charge is -2.30. The van der Waals surface area contributed by atoms with Gasteiger partial charge < -0.3 is 15.0 Å². The first-order valence-corrected chi connectivity index (χ1v) is 14.6. The molecule has 2 aromatic rings. The van der Waals surface area contributed by atoms with Crippen molar-refractivity contribution in [3.63, 3.8) is 0 Å². The molecule has 0 saturated carbocycles. The molecule has 0 spiro atoms. The predicted molar refractivity (Wildman–Crippen MR) is 149 cm³/mol. The van der Waals surface area contributed by atoms with Crippen molar-refractivity contribution in [1.29, 1.82) is 0 Å². The predicted octanol–water partition coefficient (Wildman–Crippen LogP) is 4.88. The standard InChI is InChI=1S/C26H35Cl2N3O5S/c1-6-18(2)29-26(33)19(3)30(17-20-13-14-21(27)22(28)16-20)25(32)12-9-15-31(37(5,34)35)23-10-7-8-11-24(23)36-4/h7-8,10-11,13-14,16,18-19H,6,9,12,15,17H2,1-5H3,(H,29,33)/t18-,19-/m0/s1. The highest BCUT2D eigenvalue weighted by Gasteiger charge is 2.28. The monoisotopic (exact) mass is 571 g/mol. The highest BCUT2D eigenvalue weighted by Crippen LogP contribution is 2.30. The van der Waals surface area contributed by atoms with Gasteiger partial charge in [0.15, 0.2) is 0 Å². The molecule has 0 fully saturated rings. The number of methoxy groups -OCH3 is 1. The van der Waals surface area contributed by atoms with Gasteiger partial charge in [-0.25, -0.2) is 8.42 Å². The molecule has 0 heterocycles. The quantitative estimate of drug-likeness (QED) is 0.369. The van der Waals surface area contributed by atoms with E-state index in [1.54, 1.807) is 49.4 Å². The molecule has 2 amide bonds. The van der Waals surface area contributed by atoms with Gasteiger partial charge in [-0.2, -0.15) is 0 Å². The maximum atomic E-state index is 13.4. The van der Waals surface area contributed by atoms with Crippen LogP contribution in [0.25, 0.3) is 0 Å². The van der Waals surface area contributed by atoms with Crippen LogP contribution in [0.1, 0.15) is 45.6 Å². The second-order valence-corrected chi connectivity index (χ2v) is 11.6. The number of halogens is 2. The van der Waals surface area contributed by atoms with Crippen molar-refractivity contribution >= 4 is 50.7 Å². The van der Waals surface area contributed by atoms with Gasteiger partial charge >= 0.3 is 0 Å². The molecule has 0 aliphatic heterocycles. The van der Waals surface area contributed by atoms with Crippen LogP contribution in [-0.2, 0) is 26.2 Å². The smallest absolute Gasteiger partial charge is 0.242 e. The Kier molecular flexibility index (Phi) is 11.5. The maximum Gasteiger partial charge on any atom is 0.242 e. The van der Waals surface area contributed by atoms with Gasteiger partial charge in [0.05, 0.1) is 29.1 Å². The van der Waals surface area contributed by atoms with E-state index in [0.717, 1.165) is 18.2 Å². The van der Waals surface area contributed by atoms with Gasteiger partial charge in [-0.15, -0.1) is 0 Å². The number of benzene rings is 2. The summed E-state index contributed by atoms with van der Waals surface area (Å²) in [5.74, 6) is -0.142. The number of sulfonamides is 1. The molecule has 2 aromatic carbocycles. The minimum atomic E-state index is -3.64. The Bertz CT molecular complexity index is 1190. The normalized spacial score (nSPS) is 12.9. The second-order valence-electron chi connectivity index (χ2n) is 8.87. The number of carbonyl (C=O) groups is 2. The van der Waals surface area contributed by atoms with Gasteiger partial charge in [0, 0.05) is 25.6 Å². The fourth-order valence-electron chi connectivity index (χ4n) is 3.70. The number of carbonyl (C=O) groups excluding carboxylic acids is 2. The Morgan fingerprint density at radius 3 is 2.35 bits per heavy atom. The van der Waals surface area contributed by atoms with E-state index < -0.39 is 16.1 Å². The molecule has 1 N–H and O–H groups in total. The van der Waals surface area contributed by atoms with E-state index in [2.05, 4.69) is 5.32 Å². The second kappa shape index (κ2) is 13.9. The summed E-state index contributed by atoms with van der Waals surface area (Å²) in [6.45, 7) is 5.74. The van der Waals surface area contributed by atoms with Gasteiger partial charge in [0.25, 0.3) is 0 Å². The van der Waals surface area contributed by atoms with E-state index in [-0.39, 0.29) is 43.8 Å². The molecule has 0 aliphatic rings. The van der Waals surface area contributed by atoms with E-state index in [1.165, 1.54) is 16.3 Å². The third kappa shape index (κ3) is 8.79. The minimum absolute atomic E-state index is 0.0312. The zero-order chi connectivity index (χ0) is 27.8. The van der Waals surface area contributed by atoms with Crippen molar-refractivity contribution < 1.29 is 22.7 Å². The van der Waals surface area contributed by atoms with Crippen molar-refractivity contribution in [3.05, 3.63) is 58.1 Å². The molecular formula is C26H35Cl2N3O5S. The van der Waals surface area contributed by atoms with Crippen molar-refractivity contribution in [2.75, 3.05) is 24.2 Å². The number of hydrogen-bond acceptors (Lipinski definition) is 5. The number of nitrogens with zero attached hydrogens (tertiary/aromatic N) is 2. The topological polar surface area (TPSA) is 96.0 Å². The molecule has 37 heavy (non-hydrogen) atoms. The number of para-hydroxylation sites is 2. The van der Waals surface area contributed by atoms with E-state index >= 15 is 0 Å². The largest absolute Gasteiger partial charge is 0.495 e. The average molecular weight is 573 g/mol. The molecule has 11 heteroatoms. The van der Waals surface area contributed by atoms with Crippen LogP contribution in [0.5, 0.6) is 5.75 Å². The number of nitrogens with one attached hydrogen (secondary N) is 1. The number of hydrogen-bond donors (Lipinski definition) is 1. The Morgan fingerprint density at radius 2 is 1.76 bits per heavy atom. The first-order valence-electron chi connectivity index (χ1n) is 12.0. The van der Waals surface area contributed by atoms with Gasteiger partial charge in [-0.05, 0) is 56.5 Å². The molecule has 0 aromatic heterocycles. The molecule has 2 atom stereocenters. The molecule has 0 unspecified atom stereocenters. The van der Waals surface area contributed by atoms with Crippen LogP contribution in [0.4, 0.5) is 5.69 Å². The maximum absolute atomic E-state index is 13.4. The molecule has 204 valence electrons. The van der Waals surface area contributed by atoms with Crippen molar-refractivity contribution in [3.8, 4) is 5.75 Å². The van der Waals surface area contributed by atoms with Gasteiger partial charge in [-0.1, -0.05) is 48.3 Å². The first-order chi connectivity index (χ1) is 17.4. The molecule has 0 bridgehead atoms. The zero-order valence-electron chi connectivity index (χ0n) is 21.8. The van der Waals surface area contributed by atoms with Crippen LogP contribution < -0.4 is 14.4 Å². The number of amides is 2. The highest BCUT2D eigenvalue weighted by molar-refractivity contribution is 7.92. The average Bonchev–Trinajstić information content (AvgIpc) is 2.85. The Morgan fingerprint density at radius 1 is 1.08 bits per heavy atom. The number of rotatable bonds is 13. The third-order valence-electron chi connectivity index (χ3n) is 6.01. The van der Waals surface area contributed by atoms with E-state index in [4.69, 9.17) is 27.9 Å². The third-order valence-corrected chi connectivity index (χ3v) is 7.93. The summed E-state index contributed by atoms with van der Waals surface area (Å²) in [4.78, 5) is 27.7. The lowest BCUT2D eigenvalue weighted by atomic mass is 10.1. The fourth-order valence-corrected chi connectivity index (χ4v) is 4.99. The summed E-state index contributed by atoms with van der Waals surface area (Å²) >= 11 is 12.2. The summed E-state index contributed by atoms with van der Waals surface area (Å²) in [5, 5.41) is 3.66. The minimum Gasteiger partial charge on any atom is -0.495 e. The van der Waals surface area contributed by atoms with Gasteiger partial charge in [-0.3, -0.25) is 13.9 Å². The zero-order valence-corrected chi connectivity index (χ0v) is 24.2. The van der Waals surface area contributed by atoms with Crippen LogP contribution in [0, 0.1) is 0 Å². The molecule has 0 aliphatic carbocycles. The van der Waals surface area contributed by atoms with Gasteiger partial charge in [0.2, 0.25) is 21.8 Å². The van der Waals surface area contributed by atoms with Crippen LogP contribution in [0.3, 0.4) is 0 Å². The molecule has 8 nitrogen and oxygen atoms in total. The molecule has 0 radical (unpaired) electrons. The van der Waals surface area contributed by atoms with Crippen molar-refractivity contribution in [2.45, 2.75) is 58.7 Å². The first kappa shape index (κ1) is 30.7. The summed E-state index contributed by atoms with van der Waals surface area (Å²) in [5.41, 5.74) is 1.12. The number of anilines is 1. The van der Waals surface area contributed by atoms with Crippen LogP contribution >= 0.6 is 23.2 Å².